The summed E-state index contributed by atoms with van der Waals surface area (Å²) in [5.41, 5.74) is 5.92. The average molecular weight is 586 g/mol. The number of rotatable bonds is 8. The van der Waals surface area contributed by atoms with Gasteiger partial charge in [-0.05, 0) is 15.9 Å². The first-order valence-electron chi connectivity index (χ1n) is 8.04. The fourth-order valence-electron chi connectivity index (χ4n) is 2.65. The van der Waals surface area contributed by atoms with Gasteiger partial charge >= 0.3 is 23.5 Å². The highest BCUT2D eigenvalue weighted by atomic mass is 79.9. The molecular formula is C10H15BrN5O13P3. The number of nitrogen functional groups attached to an aromatic ring is 1. The van der Waals surface area contributed by atoms with E-state index in [-0.39, 0.29) is 21.8 Å². The molecule has 2 aromatic heterocycles. The number of aliphatic hydroxyl groups excluding tert-OH is 2. The lowest BCUT2D eigenvalue weighted by molar-refractivity contribution is -0.0513. The summed E-state index contributed by atoms with van der Waals surface area (Å²) in [5, 5.41) is 20.6. The van der Waals surface area contributed by atoms with E-state index in [9.17, 15) is 28.8 Å². The van der Waals surface area contributed by atoms with Gasteiger partial charge < -0.3 is 40.3 Å². The molecule has 0 bridgehead atoms. The number of phosphoric acid groups is 3. The maximum Gasteiger partial charge on any atom is 0.490 e. The van der Waals surface area contributed by atoms with E-state index in [0.717, 1.165) is 0 Å². The molecule has 3 rings (SSSR count). The fraction of sp³-hybridized carbons (Fsp3) is 0.500. The second-order valence-electron chi connectivity index (χ2n) is 6.12. The van der Waals surface area contributed by atoms with E-state index in [4.69, 9.17) is 25.2 Å². The highest BCUT2D eigenvalue weighted by Gasteiger charge is 2.47. The third-order valence-electron chi connectivity index (χ3n) is 3.82. The van der Waals surface area contributed by atoms with E-state index in [1.54, 1.807) is 0 Å². The summed E-state index contributed by atoms with van der Waals surface area (Å²) in [6, 6.07) is 0. The highest BCUT2D eigenvalue weighted by Crippen LogP contribution is 2.66. The molecule has 0 saturated carbocycles. The maximum absolute atomic E-state index is 11.8. The third-order valence-corrected chi connectivity index (χ3v) is 8.18. The number of nitrogens with two attached hydrogens (primary N) is 1. The topological polar surface area (TPSA) is 279 Å². The van der Waals surface area contributed by atoms with Crippen LogP contribution in [-0.4, -0.2) is 74.2 Å². The number of aliphatic hydroxyl groups is 2. The minimum Gasteiger partial charge on any atom is -0.387 e. The zero-order valence-corrected chi connectivity index (χ0v) is 19.5. The van der Waals surface area contributed by atoms with E-state index in [1.165, 1.54) is 10.8 Å². The zero-order chi connectivity index (χ0) is 24.1. The summed E-state index contributed by atoms with van der Waals surface area (Å²) in [7, 11) is -16.7. The van der Waals surface area contributed by atoms with Crippen molar-refractivity contribution in [2.75, 3.05) is 12.3 Å². The number of anilines is 1. The Labute approximate surface area is 185 Å². The van der Waals surface area contributed by atoms with Gasteiger partial charge in [0.1, 0.15) is 23.8 Å². The first kappa shape index (κ1) is 25.7. The molecule has 22 heteroatoms. The Kier molecular flexibility index (Phi) is 7.28. The van der Waals surface area contributed by atoms with Gasteiger partial charge in [-0.2, -0.15) is 13.6 Å². The molecular weight excluding hydrogens is 571 g/mol. The number of phosphoric ester groups is 1. The molecule has 1 aliphatic rings. The molecule has 8 N–H and O–H groups in total. The average Bonchev–Trinajstić information content (AvgIpc) is 3.06. The fourth-order valence-corrected chi connectivity index (χ4v) is 6.24. The molecule has 6 unspecified atom stereocenters. The molecule has 0 spiro atoms. The second kappa shape index (κ2) is 9.05. The summed E-state index contributed by atoms with van der Waals surface area (Å²) in [6.45, 7) is -0.972. The molecule has 0 aliphatic carbocycles. The van der Waals surface area contributed by atoms with E-state index < -0.39 is 54.6 Å². The quantitative estimate of drug-likeness (QED) is 0.146. The summed E-state index contributed by atoms with van der Waals surface area (Å²) in [5.74, 6) is -0.122. The predicted octanol–water partition coefficient (Wildman–Crippen LogP) is -0.867. The van der Waals surface area contributed by atoms with Gasteiger partial charge in [0.25, 0.3) is 0 Å². The normalized spacial score (nSPS) is 28.0. The molecule has 0 radical (unpaired) electrons. The van der Waals surface area contributed by atoms with Crippen LogP contribution in [0.3, 0.4) is 0 Å². The highest BCUT2D eigenvalue weighted by molar-refractivity contribution is 9.10. The molecule has 18 nitrogen and oxygen atoms in total. The van der Waals surface area contributed by atoms with Crippen LogP contribution in [0.25, 0.3) is 11.2 Å². The molecule has 180 valence electrons. The summed E-state index contributed by atoms with van der Waals surface area (Å²) >= 11 is 3.14. The van der Waals surface area contributed by atoms with Crippen LogP contribution in [0.2, 0.25) is 0 Å². The Bertz CT molecular complexity index is 1160. The van der Waals surface area contributed by atoms with E-state index in [0.29, 0.717) is 0 Å². The van der Waals surface area contributed by atoms with E-state index in [2.05, 4.69) is 44.0 Å². The Balaban J connectivity index is 1.73. The first-order valence-corrected chi connectivity index (χ1v) is 13.4. The molecule has 2 aromatic rings. The van der Waals surface area contributed by atoms with Gasteiger partial charge in [-0.15, -0.1) is 0 Å². The summed E-state index contributed by atoms with van der Waals surface area (Å²) < 4.78 is 52.2. The van der Waals surface area contributed by atoms with Crippen LogP contribution in [-0.2, 0) is 31.6 Å². The lowest BCUT2D eigenvalue weighted by Crippen LogP contribution is -2.33. The molecule has 1 aliphatic heterocycles. The van der Waals surface area contributed by atoms with Crippen molar-refractivity contribution in [2.24, 2.45) is 0 Å². The molecule has 1 saturated heterocycles. The number of imidazole rings is 1. The lowest BCUT2D eigenvalue weighted by Gasteiger charge is -2.19. The lowest BCUT2D eigenvalue weighted by atomic mass is 10.1. The number of fused-ring (bicyclic) bond motifs is 1. The van der Waals surface area contributed by atoms with Gasteiger partial charge in [0.2, 0.25) is 5.95 Å². The number of hydrogen-bond acceptors (Lipinski definition) is 13. The standard InChI is InChI=1S/C10H15BrN5O13P3/c11-9-14-3-1-13-10(12)15-7(3)16(9)8-6(18)5(17)4(27-8)2-26-31(22,23)29-32(24,25)28-30(19,20)21/h1,4-6,8,17-18H,2H2,(H,22,23)(H,24,25)(H2,12,13,15)(H2,19,20,21). The van der Waals surface area contributed by atoms with E-state index in [1.807, 2.05) is 0 Å². The number of hydrogen-bond donors (Lipinski definition) is 7. The van der Waals surface area contributed by atoms with E-state index >= 15 is 0 Å². The number of ether oxygens (including phenoxy) is 1. The Hall–Kier alpha value is -0.880. The van der Waals surface area contributed by atoms with Crippen molar-refractivity contribution in [3.8, 4) is 0 Å². The molecule has 6 atom stereocenters. The minimum absolute atomic E-state index is 0.109. The van der Waals surface area contributed by atoms with Crippen molar-refractivity contribution in [3.63, 3.8) is 0 Å². The van der Waals surface area contributed by atoms with Crippen molar-refractivity contribution in [3.05, 3.63) is 10.9 Å². The molecule has 3 heterocycles. The molecule has 0 aromatic carbocycles. The van der Waals surface area contributed by atoms with Crippen molar-refractivity contribution in [2.45, 2.75) is 24.5 Å². The summed E-state index contributed by atoms with van der Waals surface area (Å²) in [6.07, 6.45) is -4.86. The molecule has 0 amide bonds. The van der Waals surface area contributed by atoms with Gasteiger partial charge in [0.15, 0.2) is 16.6 Å². The maximum atomic E-state index is 11.8. The van der Waals surface area contributed by atoms with Crippen LogP contribution in [0.1, 0.15) is 6.23 Å². The van der Waals surface area contributed by atoms with Gasteiger partial charge in [-0.3, -0.25) is 9.09 Å². The number of nitrogens with zero attached hydrogens (tertiary/aromatic N) is 4. The SMILES string of the molecule is Nc1ncc2nc(Br)n(C3OC(COP(=O)(O)OP(=O)(O)OP(=O)(O)O)C(O)C3O)c2n1. The minimum atomic E-state index is -5.71. The number of aromatic nitrogens is 4. The third kappa shape index (κ3) is 5.97. The van der Waals surface area contributed by atoms with Crippen molar-refractivity contribution >= 4 is 56.5 Å². The van der Waals surface area contributed by atoms with Gasteiger partial charge in [-0.1, -0.05) is 0 Å². The zero-order valence-electron chi connectivity index (χ0n) is 15.2. The largest absolute Gasteiger partial charge is 0.490 e. The van der Waals surface area contributed by atoms with Crippen LogP contribution >= 0.6 is 39.4 Å². The van der Waals surface area contributed by atoms with Gasteiger partial charge in [-0.25, -0.2) is 23.7 Å². The van der Waals surface area contributed by atoms with Gasteiger partial charge in [0, 0.05) is 0 Å². The van der Waals surface area contributed by atoms with Crippen molar-refractivity contribution < 1.29 is 61.4 Å². The van der Waals surface area contributed by atoms with Crippen LogP contribution in [0, 0.1) is 0 Å². The Morgan fingerprint density at radius 2 is 1.75 bits per heavy atom. The van der Waals surface area contributed by atoms with Crippen LogP contribution in [0.15, 0.2) is 10.9 Å². The summed E-state index contributed by atoms with van der Waals surface area (Å²) in [4.78, 5) is 47.5. The van der Waals surface area contributed by atoms with Crippen molar-refractivity contribution in [1.29, 1.82) is 0 Å². The Morgan fingerprint density at radius 3 is 2.38 bits per heavy atom. The monoisotopic (exact) mass is 585 g/mol. The smallest absolute Gasteiger partial charge is 0.387 e. The molecule has 32 heavy (non-hydrogen) atoms. The number of halogens is 1. The second-order valence-corrected chi connectivity index (χ2v) is 11.3. The first-order chi connectivity index (χ1) is 14.6. The predicted molar refractivity (Wildman–Crippen MR) is 103 cm³/mol. The Morgan fingerprint density at radius 1 is 1.09 bits per heavy atom. The van der Waals surface area contributed by atoms with Gasteiger partial charge in [0.05, 0.1) is 12.8 Å². The molecule has 1 fully saturated rings. The van der Waals surface area contributed by atoms with Crippen LogP contribution in [0.5, 0.6) is 0 Å². The van der Waals surface area contributed by atoms with Crippen LogP contribution in [0.4, 0.5) is 5.95 Å². The van der Waals surface area contributed by atoms with Crippen molar-refractivity contribution in [1.82, 2.24) is 19.5 Å². The van der Waals surface area contributed by atoms with Crippen LogP contribution < -0.4 is 5.73 Å².